The van der Waals surface area contributed by atoms with Crippen LogP contribution in [0.5, 0.6) is 0 Å². The van der Waals surface area contributed by atoms with Crippen LogP contribution < -0.4 is 0 Å². The zero-order chi connectivity index (χ0) is 3.70. The van der Waals surface area contributed by atoms with Gasteiger partial charge >= 0.3 is 0 Å². The van der Waals surface area contributed by atoms with Crippen molar-refractivity contribution in [1.29, 1.82) is 0 Å². The molecular weight excluding hydrogens is 76.1 g/mol. The molecule has 1 rings (SSSR count). The van der Waals surface area contributed by atoms with E-state index in [0.717, 1.165) is 5.92 Å². The lowest BCUT2D eigenvalue weighted by molar-refractivity contribution is 0.978. The smallest absolute Gasteiger partial charge is 0.00833 e. The van der Waals surface area contributed by atoms with Gasteiger partial charge in [0.1, 0.15) is 0 Å². The van der Waals surface area contributed by atoms with Crippen molar-refractivity contribution in [2.45, 2.75) is 18.9 Å². The van der Waals surface area contributed by atoms with E-state index in [0.29, 0.717) is 0 Å². The molecule has 0 N–H and O–H groups in total. The van der Waals surface area contributed by atoms with Crippen molar-refractivity contribution in [2.75, 3.05) is 0 Å². The van der Waals surface area contributed by atoms with E-state index in [1.54, 1.807) is 0 Å². The van der Waals surface area contributed by atoms with Crippen molar-refractivity contribution in [3.8, 4) is 0 Å². The Morgan fingerprint density at radius 2 is 2.20 bits per heavy atom. The van der Waals surface area contributed by atoms with E-state index in [4.69, 9.17) is 0 Å². The van der Waals surface area contributed by atoms with E-state index >= 15 is 0 Å². The van der Waals surface area contributed by atoms with Crippen LogP contribution in [-0.4, -0.2) is 10.2 Å². The minimum atomic E-state index is 1.15. The monoisotopic (exact) mass is 85.0 g/mol. The van der Waals surface area contributed by atoms with Gasteiger partial charge in [-0.2, -0.15) is 0 Å². The maximum atomic E-state index is 2.10. The highest BCUT2D eigenvalue weighted by Crippen LogP contribution is 2.31. The maximum absolute atomic E-state index is 2.10. The van der Waals surface area contributed by atoms with Gasteiger partial charge in [-0.15, -0.1) is 0 Å². The molecule has 1 heteroatoms. The van der Waals surface area contributed by atoms with Crippen LogP contribution in [-0.2, 0) is 0 Å². The van der Waals surface area contributed by atoms with Crippen molar-refractivity contribution in [3.05, 3.63) is 0 Å². The molecule has 1 fully saturated rings. The van der Waals surface area contributed by atoms with Gasteiger partial charge in [-0.25, -0.2) is 0 Å². The van der Waals surface area contributed by atoms with Crippen molar-refractivity contribution >= 4 is 10.2 Å². The van der Waals surface area contributed by atoms with Gasteiger partial charge in [-0.05, 0) is 5.92 Å². The summed E-state index contributed by atoms with van der Waals surface area (Å²) in [6.07, 6.45) is 3.03. The molecule has 0 unspecified atom stereocenters. The third kappa shape index (κ3) is 0.761. The topological polar surface area (TPSA) is 0 Å². The quantitative estimate of drug-likeness (QED) is 0.405. The highest BCUT2D eigenvalue weighted by atomic mass is 28.1. The average molecular weight is 85.2 g/mol. The molecule has 0 atom stereocenters. The van der Waals surface area contributed by atoms with E-state index in [1.807, 2.05) is 0 Å². The fourth-order valence-electron chi connectivity index (χ4n) is 0.407. The van der Waals surface area contributed by atoms with Gasteiger partial charge in [0.25, 0.3) is 0 Å². The van der Waals surface area contributed by atoms with E-state index in [-0.39, 0.29) is 0 Å². The SMILES string of the molecule is [SiH2]CC1CC1. The summed E-state index contributed by atoms with van der Waals surface area (Å²) < 4.78 is 0. The highest BCUT2D eigenvalue weighted by molar-refractivity contribution is 6.08. The van der Waals surface area contributed by atoms with Gasteiger partial charge in [0, 0.05) is 10.2 Å². The molecule has 1 aliphatic carbocycles. The Hall–Kier alpha value is 0.217. The first kappa shape index (κ1) is 3.41. The van der Waals surface area contributed by atoms with Crippen LogP contribution in [0.1, 0.15) is 12.8 Å². The fraction of sp³-hybridized carbons (Fsp3) is 1.00. The standard InChI is InChI=1S/C4H9Si/c5-3-4-1-2-4/h4H,1-3,5H2. The average Bonchev–Trinajstić information content (AvgIpc) is 2.12. The summed E-state index contributed by atoms with van der Waals surface area (Å²) in [4.78, 5) is 0. The van der Waals surface area contributed by atoms with Gasteiger partial charge < -0.3 is 0 Å². The normalized spacial score (nSPS) is 23.4. The Morgan fingerprint density at radius 1 is 1.60 bits per heavy atom. The van der Waals surface area contributed by atoms with Gasteiger partial charge in [0.15, 0.2) is 0 Å². The first-order valence-electron chi connectivity index (χ1n) is 2.22. The summed E-state index contributed by atoms with van der Waals surface area (Å²) in [6, 6.07) is 1.44. The highest BCUT2D eigenvalue weighted by Gasteiger charge is 2.17. The summed E-state index contributed by atoms with van der Waals surface area (Å²) in [6.45, 7) is 0. The molecule has 0 nitrogen and oxygen atoms in total. The number of rotatable bonds is 1. The van der Waals surface area contributed by atoms with Gasteiger partial charge in [0.2, 0.25) is 0 Å². The molecule has 0 saturated heterocycles. The Labute approximate surface area is 36.0 Å². The van der Waals surface area contributed by atoms with Crippen molar-refractivity contribution < 1.29 is 0 Å². The molecule has 0 bridgehead atoms. The van der Waals surface area contributed by atoms with Crippen LogP contribution in [0.4, 0.5) is 0 Å². The Kier molecular flexibility index (Phi) is 0.770. The molecular formula is C4H9Si. The molecule has 0 aliphatic heterocycles. The second kappa shape index (κ2) is 1.13. The third-order valence-electron chi connectivity index (χ3n) is 1.11. The lowest BCUT2D eigenvalue weighted by Crippen LogP contribution is -1.65. The van der Waals surface area contributed by atoms with Gasteiger partial charge in [-0.1, -0.05) is 18.9 Å². The molecule has 5 heavy (non-hydrogen) atoms. The van der Waals surface area contributed by atoms with Crippen LogP contribution >= 0.6 is 0 Å². The van der Waals surface area contributed by atoms with Crippen LogP contribution in [0.2, 0.25) is 6.04 Å². The molecule has 0 aromatic carbocycles. The summed E-state index contributed by atoms with van der Waals surface area (Å²) in [7, 11) is 2.10. The molecule has 0 heterocycles. The first-order valence-corrected chi connectivity index (χ1v) is 3.22. The zero-order valence-corrected chi connectivity index (χ0v) is 4.82. The van der Waals surface area contributed by atoms with Gasteiger partial charge in [-0.3, -0.25) is 0 Å². The summed E-state index contributed by atoms with van der Waals surface area (Å²) >= 11 is 0. The maximum Gasteiger partial charge on any atom is 0.00833 e. The largest absolute Gasteiger partial charge is 0.0624 e. The molecule has 0 aromatic heterocycles. The minimum absolute atomic E-state index is 1.15. The number of hydrogen-bond acceptors (Lipinski definition) is 0. The minimum Gasteiger partial charge on any atom is -0.0624 e. The van der Waals surface area contributed by atoms with Crippen molar-refractivity contribution in [1.82, 2.24) is 0 Å². The first-order chi connectivity index (χ1) is 2.43. The van der Waals surface area contributed by atoms with Gasteiger partial charge in [0.05, 0.1) is 0 Å². The molecule has 0 spiro atoms. The van der Waals surface area contributed by atoms with Crippen LogP contribution in [0, 0.1) is 5.92 Å². The van der Waals surface area contributed by atoms with Crippen molar-refractivity contribution in [2.24, 2.45) is 5.92 Å². The molecule has 1 radical (unpaired) electrons. The van der Waals surface area contributed by atoms with E-state index in [2.05, 4.69) is 10.2 Å². The molecule has 1 aliphatic rings. The predicted molar refractivity (Wildman–Crippen MR) is 26.1 cm³/mol. The second-order valence-corrected chi connectivity index (χ2v) is 2.31. The predicted octanol–water partition coefficient (Wildman–Crippen LogP) is 0.448. The third-order valence-corrected chi connectivity index (χ3v) is 1.92. The van der Waals surface area contributed by atoms with E-state index < -0.39 is 0 Å². The fourth-order valence-corrected chi connectivity index (χ4v) is 0.984. The zero-order valence-electron chi connectivity index (χ0n) is 3.41. The molecule has 29 valence electrons. The Morgan fingerprint density at radius 3 is 2.20 bits per heavy atom. The second-order valence-electron chi connectivity index (χ2n) is 1.73. The Balaban J connectivity index is 2.00. The van der Waals surface area contributed by atoms with E-state index in [9.17, 15) is 0 Å². The summed E-state index contributed by atoms with van der Waals surface area (Å²) in [5, 5.41) is 0. The summed E-state index contributed by atoms with van der Waals surface area (Å²) in [5.41, 5.74) is 0. The van der Waals surface area contributed by atoms with Crippen LogP contribution in [0.25, 0.3) is 0 Å². The number of hydrogen-bond donors (Lipinski definition) is 0. The van der Waals surface area contributed by atoms with Crippen molar-refractivity contribution in [3.63, 3.8) is 0 Å². The molecule has 1 saturated carbocycles. The van der Waals surface area contributed by atoms with E-state index in [1.165, 1.54) is 18.9 Å². The molecule has 0 aromatic rings. The van der Waals surface area contributed by atoms with Crippen LogP contribution in [0.15, 0.2) is 0 Å². The lowest BCUT2D eigenvalue weighted by Gasteiger charge is -1.72. The lowest BCUT2D eigenvalue weighted by atomic mass is 10.5. The van der Waals surface area contributed by atoms with Crippen LogP contribution in [0.3, 0.4) is 0 Å². The Bertz CT molecular complexity index is 30.6. The summed E-state index contributed by atoms with van der Waals surface area (Å²) in [5.74, 6) is 1.15. The molecule has 0 amide bonds.